The topological polar surface area (TPSA) is 32.3 Å². The molecule has 2 rings (SSSR count). The normalized spacial score (nSPS) is 10.7. The first-order valence-electron chi connectivity index (χ1n) is 6.03. The van der Waals surface area contributed by atoms with Crippen LogP contribution in [0.5, 0.6) is 0 Å². The van der Waals surface area contributed by atoms with Crippen molar-refractivity contribution in [2.24, 2.45) is 0 Å². The molecule has 2 aromatic carbocycles. The first-order chi connectivity index (χ1) is 9.20. The lowest BCUT2D eigenvalue weighted by Gasteiger charge is -2.10. The van der Waals surface area contributed by atoms with Crippen LogP contribution in [0.1, 0.15) is 16.7 Å². The van der Waals surface area contributed by atoms with Gasteiger partial charge in [-0.2, -0.15) is 0 Å². The lowest BCUT2D eigenvalue weighted by molar-refractivity contribution is 0.280. The monoisotopic (exact) mass is 279 g/mol. The zero-order valence-electron chi connectivity index (χ0n) is 10.4. The van der Waals surface area contributed by atoms with E-state index in [1.807, 2.05) is 24.3 Å². The highest BCUT2D eigenvalue weighted by molar-refractivity contribution is 6.31. The van der Waals surface area contributed by atoms with Crippen molar-refractivity contribution in [3.05, 3.63) is 70.0 Å². The fraction of sp³-hybridized carbons (Fsp3) is 0.200. The van der Waals surface area contributed by atoms with Crippen molar-refractivity contribution in [1.82, 2.24) is 5.32 Å². The molecule has 0 bridgehead atoms. The molecule has 0 aromatic heterocycles. The maximum atomic E-state index is 12.9. The van der Waals surface area contributed by atoms with Crippen LogP contribution in [0.25, 0.3) is 0 Å². The Hall–Kier alpha value is -1.42. The van der Waals surface area contributed by atoms with E-state index >= 15 is 0 Å². The smallest absolute Gasteiger partial charge is 0.124 e. The lowest BCUT2D eigenvalue weighted by Crippen LogP contribution is -2.14. The van der Waals surface area contributed by atoms with E-state index in [9.17, 15) is 9.50 Å². The van der Waals surface area contributed by atoms with Gasteiger partial charge in [0.05, 0.1) is 6.61 Å². The molecule has 2 nitrogen and oxygen atoms in total. The molecule has 4 heteroatoms. The summed E-state index contributed by atoms with van der Waals surface area (Å²) in [6.45, 7) is 1.21. The summed E-state index contributed by atoms with van der Waals surface area (Å²) in [6.07, 6.45) is 0. The van der Waals surface area contributed by atoms with Crippen molar-refractivity contribution in [3.8, 4) is 0 Å². The molecule has 2 aromatic rings. The Bertz CT molecular complexity index is 560. The molecule has 0 aliphatic heterocycles. The maximum absolute atomic E-state index is 12.9. The third kappa shape index (κ3) is 3.77. The van der Waals surface area contributed by atoms with Gasteiger partial charge in [0, 0.05) is 18.1 Å². The highest BCUT2D eigenvalue weighted by Crippen LogP contribution is 2.17. The van der Waals surface area contributed by atoms with Gasteiger partial charge in [0.2, 0.25) is 0 Å². The molecule has 0 saturated heterocycles. The summed E-state index contributed by atoms with van der Waals surface area (Å²) in [7, 11) is 0. The van der Waals surface area contributed by atoms with Gasteiger partial charge in [0.1, 0.15) is 5.82 Å². The third-order valence-electron chi connectivity index (χ3n) is 2.93. The predicted molar refractivity (Wildman–Crippen MR) is 74.3 cm³/mol. The minimum absolute atomic E-state index is 0.0230. The van der Waals surface area contributed by atoms with Gasteiger partial charge in [-0.1, -0.05) is 41.9 Å². The fourth-order valence-electron chi connectivity index (χ4n) is 1.88. The van der Waals surface area contributed by atoms with E-state index in [4.69, 9.17) is 11.6 Å². The minimum atomic E-state index is -0.334. The zero-order valence-corrected chi connectivity index (χ0v) is 11.1. The lowest BCUT2D eigenvalue weighted by atomic mass is 10.1. The standard InChI is InChI=1S/C15H15ClFNO/c16-15-7-14(17)6-5-12(15)9-18-8-11-3-1-2-4-13(11)10-19/h1-7,18-19H,8-10H2. The van der Waals surface area contributed by atoms with Gasteiger partial charge in [-0.25, -0.2) is 4.39 Å². The Morgan fingerprint density at radius 2 is 1.68 bits per heavy atom. The van der Waals surface area contributed by atoms with Crippen LogP contribution in [0.2, 0.25) is 5.02 Å². The average Bonchev–Trinajstić information content (AvgIpc) is 2.42. The van der Waals surface area contributed by atoms with E-state index in [1.165, 1.54) is 12.1 Å². The molecular formula is C15H15ClFNO. The summed E-state index contributed by atoms with van der Waals surface area (Å²) in [5, 5.41) is 12.9. The molecular weight excluding hydrogens is 265 g/mol. The first kappa shape index (κ1) is 14.0. The van der Waals surface area contributed by atoms with E-state index in [0.29, 0.717) is 18.1 Å². The van der Waals surface area contributed by atoms with Gasteiger partial charge >= 0.3 is 0 Å². The largest absolute Gasteiger partial charge is 0.392 e. The Labute approximate surface area is 116 Å². The molecule has 0 amide bonds. The van der Waals surface area contributed by atoms with Crippen LogP contribution >= 0.6 is 11.6 Å². The van der Waals surface area contributed by atoms with Gasteiger partial charge in [0.15, 0.2) is 0 Å². The number of benzene rings is 2. The summed E-state index contributed by atoms with van der Waals surface area (Å²) in [5.74, 6) is -0.334. The second kappa shape index (κ2) is 6.66. The van der Waals surface area contributed by atoms with Gasteiger partial charge < -0.3 is 10.4 Å². The SMILES string of the molecule is OCc1ccccc1CNCc1ccc(F)cc1Cl. The molecule has 0 fully saturated rings. The van der Waals surface area contributed by atoms with Crippen molar-refractivity contribution in [2.45, 2.75) is 19.7 Å². The van der Waals surface area contributed by atoms with Gasteiger partial charge in [0.25, 0.3) is 0 Å². The van der Waals surface area contributed by atoms with E-state index in [-0.39, 0.29) is 12.4 Å². The zero-order chi connectivity index (χ0) is 13.7. The van der Waals surface area contributed by atoms with Crippen LogP contribution < -0.4 is 5.32 Å². The van der Waals surface area contributed by atoms with Crippen molar-refractivity contribution in [3.63, 3.8) is 0 Å². The fourth-order valence-corrected chi connectivity index (χ4v) is 2.12. The molecule has 0 aliphatic carbocycles. The summed E-state index contributed by atoms with van der Waals surface area (Å²) >= 11 is 5.95. The summed E-state index contributed by atoms with van der Waals surface area (Å²) in [4.78, 5) is 0. The first-order valence-corrected chi connectivity index (χ1v) is 6.41. The predicted octanol–water partition coefficient (Wildman–Crippen LogP) is 3.26. The quantitative estimate of drug-likeness (QED) is 0.880. The van der Waals surface area contributed by atoms with E-state index < -0.39 is 0 Å². The molecule has 0 radical (unpaired) electrons. The average molecular weight is 280 g/mol. The van der Waals surface area contributed by atoms with E-state index in [0.717, 1.165) is 16.7 Å². The second-order valence-electron chi connectivity index (χ2n) is 4.27. The van der Waals surface area contributed by atoms with Gasteiger partial charge in [-0.3, -0.25) is 0 Å². The van der Waals surface area contributed by atoms with Crippen molar-refractivity contribution >= 4 is 11.6 Å². The molecule has 19 heavy (non-hydrogen) atoms. The van der Waals surface area contributed by atoms with Crippen molar-refractivity contribution in [2.75, 3.05) is 0 Å². The summed E-state index contributed by atoms with van der Waals surface area (Å²) in [5.41, 5.74) is 2.80. The van der Waals surface area contributed by atoms with Crippen LogP contribution in [0.15, 0.2) is 42.5 Å². The molecule has 0 spiro atoms. The van der Waals surface area contributed by atoms with Crippen LogP contribution in [0.4, 0.5) is 4.39 Å². The molecule has 0 atom stereocenters. The third-order valence-corrected chi connectivity index (χ3v) is 3.29. The van der Waals surface area contributed by atoms with E-state index in [1.54, 1.807) is 6.07 Å². The Kier molecular flexibility index (Phi) is 4.91. The van der Waals surface area contributed by atoms with Crippen molar-refractivity contribution in [1.29, 1.82) is 0 Å². The van der Waals surface area contributed by atoms with E-state index in [2.05, 4.69) is 5.32 Å². The van der Waals surface area contributed by atoms with Crippen LogP contribution in [0, 0.1) is 5.82 Å². The molecule has 0 saturated carbocycles. The number of aliphatic hydroxyl groups excluding tert-OH is 1. The molecule has 2 N–H and O–H groups in total. The van der Waals surface area contributed by atoms with Gasteiger partial charge in [-0.15, -0.1) is 0 Å². The highest BCUT2D eigenvalue weighted by atomic mass is 35.5. The molecule has 0 unspecified atom stereocenters. The Balaban J connectivity index is 1.96. The minimum Gasteiger partial charge on any atom is -0.392 e. The van der Waals surface area contributed by atoms with Crippen LogP contribution in [0.3, 0.4) is 0 Å². The van der Waals surface area contributed by atoms with Crippen LogP contribution in [-0.2, 0) is 19.7 Å². The maximum Gasteiger partial charge on any atom is 0.124 e. The second-order valence-corrected chi connectivity index (χ2v) is 4.67. The Morgan fingerprint density at radius 3 is 2.37 bits per heavy atom. The van der Waals surface area contributed by atoms with Crippen molar-refractivity contribution < 1.29 is 9.50 Å². The molecule has 100 valence electrons. The molecule has 0 aliphatic rings. The number of hydrogen-bond acceptors (Lipinski definition) is 2. The number of aliphatic hydroxyl groups is 1. The Morgan fingerprint density at radius 1 is 1.00 bits per heavy atom. The molecule has 0 heterocycles. The number of hydrogen-bond donors (Lipinski definition) is 2. The highest BCUT2D eigenvalue weighted by Gasteiger charge is 2.03. The van der Waals surface area contributed by atoms with Crippen LogP contribution in [-0.4, -0.2) is 5.11 Å². The number of nitrogens with one attached hydrogen (secondary N) is 1. The summed E-state index contributed by atoms with van der Waals surface area (Å²) < 4.78 is 12.9. The number of halogens is 2. The number of rotatable bonds is 5. The van der Waals surface area contributed by atoms with Gasteiger partial charge in [-0.05, 0) is 28.8 Å². The summed E-state index contributed by atoms with van der Waals surface area (Å²) in [6, 6.07) is 12.0.